The van der Waals surface area contributed by atoms with Gasteiger partial charge in [-0.15, -0.1) is 11.8 Å². The van der Waals surface area contributed by atoms with E-state index in [9.17, 15) is 0 Å². The average molecular weight is 705 g/mol. The van der Waals surface area contributed by atoms with Crippen LogP contribution in [0.4, 0.5) is 0 Å². The molecule has 52 heavy (non-hydrogen) atoms. The van der Waals surface area contributed by atoms with Crippen LogP contribution in [0, 0.1) is 11.8 Å². The van der Waals surface area contributed by atoms with Gasteiger partial charge in [0.2, 0.25) is 0 Å². The van der Waals surface area contributed by atoms with Crippen molar-refractivity contribution in [3.63, 3.8) is 0 Å². The predicted octanol–water partition coefficient (Wildman–Crippen LogP) is 11.4. The van der Waals surface area contributed by atoms with Crippen LogP contribution < -0.4 is 0 Å². The van der Waals surface area contributed by atoms with Crippen LogP contribution in [0.1, 0.15) is 106 Å². The normalized spacial score (nSPS) is 32.5. The molecule has 1 aromatic rings. The number of nitrogens with zero attached hydrogens (tertiary/aromatic N) is 2. The quantitative estimate of drug-likeness (QED) is 0.284. The molecule has 0 radical (unpaired) electrons. The highest BCUT2D eigenvalue weighted by Crippen LogP contribution is 2.55. The summed E-state index contributed by atoms with van der Waals surface area (Å²) in [5.41, 5.74) is 15.9. The predicted molar refractivity (Wildman–Crippen MR) is 216 cm³/mol. The molecule has 8 aliphatic carbocycles. The van der Waals surface area contributed by atoms with Gasteiger partial charge < -0.3 is 14.2 Å². The third-order valence-electron chi connectivity index (χ3n) is 13.9. The second-order valence-corrected chi connectivity index (χ2v) is 17.9. The fourth-order valence-electron chi connectivity index (χ4n) is 11.6. The molecule has 0 N–H and O–H groups in total. The van der Waals surface area contributed by atoms with Gasteiger partial charge in [-0.05, 0) is 142 Å². The van der Waals surface area contributed by atoms with Gasteiger partial charge in [-0.1, -0.05) is 72.9 Å². The number of hydrogen-bond acceptors (Lipinski definition) is 3. The molecule has 0 amide bonds. The van der Waals surface area contributed by atoms with E-state index < -0.39 is 0 Å². The average Bonchev–Trinajstić information content (AvgIpc) is 3.89. The second kappa shape index (κ2) is 13.0. The Balaban J connectivity index is 1.04. The van der Waals surface area contributed by atoms with Gasteiger partial charge in [0.15, 0.2) is 0 Å². The Morgan fingerprint density at radius 1 is 0.788 bits per heavy atom. The number of fused-ring (bicyclic) bond motifs is 7. The van der Waals surface area contributed by atoms with E-state index in [-0.39, 0.29) is 6.10 Å². The van der Waals surface area contributed by atoms with Crippen molar-refractivity contribution >= 4 is 23.5 Å². The van der Waals surface area contributed by atoms with E-state index in [0.29, 0.717) is 29.2 Å². The summed E-state index contributed by atoms with van der Waals surface area (Å²) in [5, 5.41) is 0.539. The third kappa shape index (κ3) is 5.13. The minimum Gasteiger partial charge on any atom is -0.490 e. The summed E-state index contributed by atoms with van der Waals surface area (Å²) < 4.78 is 9.60. The molecule has 0 saturated heterocycles. The van der Waals surface area contributed by atoms with Gasteiger partial charge in [-0.25, -0.2) is 0 Å². The van der Waals surface area contributed by atoms with Crippen molar-refractivity contribution in [1.82, 2.24) is 9.47 Å². The molecular formula is C48H52N2OS. The first-order valence-corrected chi connectivity index (χ1v) is 21.7. The minimum atomic E-state index is 0.157. The second-order valence-electron chi connectivity index (χ2n) is 16.7. The fourth-order valence-corrected chi connectivity index (χ4v) is 13.1. The summed E-state index contributed by atoms with van der Waals surface area (Å²) in [7, 11) is 0. The van der Waals surface area contributed by atoms with Gasteiger partial charge in [-0.3, -0.25) is 0 Å². The van der Waals surface area contributed by atoms with Gasteiger partial charge in [0.1, 0.15) is 11.9 Å². The molecule has 11 rings (SSSR count). The van der Waals surface area contributed by atoms with Gasteiger partial charge in [0, 0.05) is 63.3 Å². The summed E-state index contributed by atoms with van der Waals surface area (Å²) in [6.07, 6.45) is 53.5. The van der Waals surface area contributed by atoms with E-state index in [1.165, 1.54) is 68.3 Å². The van der Waals surface area contributed by atoms with Gasteiger partial charge >= 0.3 is 0 Å². The third-order valence-corrected chi connectivity index (χ3v) is 15.3. The van der Waals surface area contributed by atoms with Crippen molar-refractivity contribution in [2.24, 2.45) is 11.8 Å². The molecule has 3 nitrogen and oxygen atoms in total. The Kier molecular flexibility index (Phi) is 7.99. The molecule has 0 fully saturated rings. The summed E-state index contributed by atoms with van der Waals surface area (Å²) in [6.45, 7) is 0. The van der Waals surface area contributed by atoms with Crippen molar-refractivity contribution in [1.29, 1.82) is 0 Å². The zero-order chi connectivity index (χ0) is 34.2. The van der Waals surface area contributed by atoms with Crippen LogP contribution in [0.5, 0.6) is 0 Å². The first-order valence-electron chi connectivity index (χ1n) is 20.8. The highest BCUT2D eigenvalue weighted by atomic mass is 32.2. The van der Waals surface area contributed by atoms with Crippen molar-refractivity contribution in [3.05, 3.63) is 140 Å². The molecule has 10 aliphatic rings. The Morgan fingerprint density at radius 2 is 1.75 bits per heavy atom. The van der Waals surface area contributed by atoms with E-state index in [4.69, 9.17) is 4.74 Å². The Labute approximate surface area is 314 Å². The molecule has 1 aromatic heterocycles. The molecular weight excluding hydrogens is 653 g/mol. The van der Waals surface area contributed by atoms with Gasteiger partial charge in [0.25, 0.3) is 0 Å². The number of rotatable bonds is 5. The van der Waals surface area contributed by atoms with Crippen LogP contribution in [-0.4, -0.2) is 32.9 Å². The first kappa shape index (κ1) is 31.9. The molecule has 6 unspecified atom stereocenters. The highest BCUT2D eigenvalue weighted by Gasteiger charge is 2.48. The number of ether oxygens (including phenoxy) is 1. The highest BCUT2D eigenvalue weighted by molar-refractivity contribution is 8.04. The topological polar surface area (TPSA) is 17.4 Å². The zero-order valence-electron chi connectivity index (χ0n) is 30.6. The van der Waals surface area contributed by atoms with Crippen LogP contribution in [-0.2, 0) is 24.0 Å². The Bertz CT molecular complexity index is 2050. The number of thioether (sulfide) groups is 1. The van der Waals surface area contributed by atoms with Crippen molar-refractivity contribution in [2.45, 2.75) is 126 Å². The van der Waals surface area contributed by atoms with Gasteiger partial charge in [0.05, 0.1) is 0 Å². The molecule has 3 heterocycles. The van der Waals surface area contributed by atoms with E-state index in [2.05, 4.69) is 106 Å². The maximum absolute atomic E-state index is 6.79. The molecule has 0 spiro atoms. The molecule has 6 atom stereocenters. The lowest BCUT2D eigenvalue weighted by molar-refractivity contribution is 0.0714. The van der Waals surface area contributed by atoms with E-state index in [1.54, 1.807) is 50.0 Å². The molecule has 0 bridgehead atoms. The largest absolute Gasteiger partial charge is 0.490 e. The van der Waals surface area contributed by atoms with Crippen LogP contribution in [0.25, 0.3) is 11.8 Å². The Morgan fingerprint density at radius 3 is 2.67 bits per heavy atom. The Hall–Kier alpha value is -3.63. The number of allylic oxidation sites excluding steroid dienone is 15. The van der Waals surface area contributed by atoms with Gasteiger partial charge in [-0.2, -0.15) is 0 Å². The number of aromatic nitrogens is 1. The summed E-state index contributed by atoms with van der Waals surface area (Å²) >= 11 is 2.16. The SMILES string of the molecule is C1=CC2SC3=C(CCC=C3N(C3CCc4c(c5c(n4C4=CCCCC4)CCC(C4=CCCC=C4)=C5)C3)C3CC=CC4OC5=C(C=CCC5)C43)C2C=C1. The van der Waals surface area contributed by atoms with Crippen LogP contribution in [0.3, 0.4) is 0 Å². The lowest BCUT2D eigenvalue weighted by atomic mass is 9.77. The van der Waals surface area contributed by atoms with Crippen molar-refractivity contribution in [2.75, 3.05) is 0 Å². The minimum absolute atomic E-state index is 0.157. The summed E-state index contributed by atoms with van der Waals surface area (Å²) in [6, 6.07) is 0.856. The van der Waals surface area contributed by atoms with Crippen LogP contribution >= 0.6 is 11.8 Å². The molecule has 2 aliphatic heterocycles. The molecule has 266 valence electrons. The summed E-state index contributed by atoms with van der Waals surface area (Å²) in [5.74, 6) is 2.21. The van der Waals surface area contributed by atoms with Crippen molar-refractivity contribution in [3.8, 4) is 0 Å². The zero-order valence-corrected chi connectivity index (χ0v) is 31.4. The van der Waals surface area contributed by atoms with Crippen molar-refractivity contribution < 1.29 is 4.74 Å². The smallest absolute Gasteiger partial charge is 0.125 e. The number of hydrogen-bond donors (Lipinski definition) is 0. The molecule has 0 aromatic carbocycles. The molecule has 0 saturated carbocycles. The van der Waals surface area contributed by atoms with Crippen LogP contribution in [0.15, 0.2) is 118 Å². The maximum Gasteiger partial charge on any atom is 0.125 e. The fraction of sp³-hybridized carbons (Fsp3) is 0.458. The summed E-state index contributed by atoms with van der Waals surface area (Å²) in [4.78, 5) is 4.63. The monoisotopic (exact) mass is 704 g/mol. The van der Waals surface area contributed by atoms with E-state index in [1.807, 2.05) is 0 Å². The lowest BCUT2D eigenvalue weighted by Crippen LogP contribution is -2.51. The standard InChI is InChI=1S/C48H52N2OS/c1-3-13-31(14-4-1)32-25-27-40-38(29-32)39-30-34(26-28-41(39)49(40)33-15-5-2-6-16-33)50(42-20-12-23-45-47(42)37-18-7-9-22-44(37)51-45)43-21-11-19-36-35-17-8-10-24-46(35)52-48(36)43/h3,7-8,10,12-15,17-18,21,23-24,29,34-35,42,45-47H,1-2,4-6,9,11,16,19-20,22,25-28,30H2. The van der Waals surface area contributed by atoms with E-state index in [0.717, 1.165) is 51.4 Å². The van der Waals surface area contributed by atoms with Crippen LogP contribution in [0.2, 0.25) is 0 Å². The maximum atomic E-state index is 6.79. The first-order chi connectivity index (χ1) is 25.8. The van der Waals surface area contributed by atoms with E-state index >= 15 is 0 Å². The lowest BCUT2D eigenvalue weighted by Gasteiger charge is -2.48. The molecule has 4 heteroatoms.